The molecule has 32 heavy (non-hydrogen) atoms. The maximum Gasteiger partial charge on any atom is 0.416 e. The smallest absolute Gasteiger partial charge is 0.352 e. The molecule has 1 aromatic carbocycles. The number of hydrogen-bond donors (Lipinski definition) is 2. The molecule has 1 saturated heterocycles. The molecule has 3 rings (SSSR count). The molecule has 0 unspecified atom stereocenters. The molecule has 2 N–H and O–H groups in total. The fraction of sp³-hybridized carbons (Fsp3) is 0.583. The number of piperidine rings is 1. The van der Waals surface area contributed by atoms with E-state index in [9.17, 15) is 18.0 Å². The summed E-state index contributed by atoms with van der Waals surface area (Å²) in [6, 6.07) is 5.09. The normalized spacial score (nSPS) is 15.8. The van der Waals surface area contributed by atoms with Gasteiger partial charge in [0.05, 0.1) is 5.56 Å². The Labute approximate surface area is 187 Å². The topological polar surface area (TPSA) is 61.0 Å². The highest BCUT2D eigenvalue weighted by molar-refractivity contribution is 5.75. The zero-order chi connectivity index (χ0) is 23.0. The quantitative estimate of drug-likeness (QED) is 0.531. The third kappa shape index (κ3) is 7.65. The van der Waals surface area contributed by atoms with Crippen LogP contribution in [0.3, 0.4) is 0 Å². The number of rotatable bonds is 10. The summed E-state index contributed by atoms with van der Waals surface area (Å²) in [4.78, 5) is 22.5. The molecule has 0 spiro atoms. The molecule has 1 fully saturated rings. The molecular formula is C24H33F3N4O. The van der Waals surface area contributed by atoms with Gasteiger partial charge in [-0.2, -0.15) is 13.2 Å². The van der Waals surface area contributed by atoms with Gasteiger partial charge >= 0.3 is 6.18 Å². The molecule has 2 aromatic rings. The van der Waals surface area contributed by atoms with Crippen LogP contribution in [0.5, 0.6) is 0 Å². The zero-order valence-electron chi connectivity index (χ0n) is 18.7. The Morgan fingerprint density at radius 1 is 1.28 bits per heavy atom. The number of amides is 1. The summed E-state index contributed by atoms with van der Waals surface area (Å²) in [6.07, 6.45) is 4.19. The second-order valence-electron chi connectivity index (χ2n) is 8.69. The second kappa shape index (κ2) is 11.5. The number of carbonyl (C=O) groups excluding carboxylic acids is 1. The average molecular weight is 451 g/mol. The van der Waals surface area contributed by atoms with Gasteiger partial charge in [-0.05, 0) is 62.4 Å². The molecule has 0 aliphatic carbocycles. The van der Waals surface area contributed by atoms with Crippen molar-refractivity contribution in [3.63, 3.8) is 0 Å². The second-order valence-corrected chi connectivity index (χ2v) is 8.69. The van der Waals surface area contributed by atoms with Crippen LogP contribution in [-0.4, -0.2) is 33.9 Å². The minimum absolute atomic E-state index is 0.109. The first-order valence-corrected chi connectivity index (χ1v) is 11.5. The Hall–Kier alpha value is -2.35. The Balaban J connectivity index is 1.33. The highest BCUT2D eigenvalue weighted by Gasteiger charge is 2.30. The van der Waals surface area contributed by atoms with E-state index in [1.807, 2.05) is 6.20 Å². The SMILES string of the molecule is CCCCc1ncc(CN2CCC(CCC(=O)NCc3cccc(C(F)(F)F)c3)CC2)[nH]1. The summed E-state index contributed by atoms with van der Waals surface area (Å²) in [7, 11) is 0. The van der Waals surface area contributed by atoms with Crippen LogP contribution in [0.2, 0.25) is 0 Å². The molecule has 0 atom stereocenters. The van der Waals surface area contributed by atoms with Gasteiger partial charge in [0.2, 0.25) is 5.91 Å². The zero-order valence-corrected chi connectivity index (χ0v) is 18.7. The third-order valence-corrected chi connectivity index (χ3v) is 6.07. The molecule has 0 radical (unpaired) electrons. The molecule has 0 saturated carbocycles. The number of unbranched alkanes of at least 4 members (excludes halogenated alkanes) is 1. The number of aryl methyl sites for hydroxylation is 1. The number of aromatic nitrogens is 2. The number of benzene rings is 1. The lowest BCUT2D eigenvalue weighted by atomic mass is 9.92. The van der Waals surface area contributed by atoms with Crippen molar-refractivity contribution in [2.45, 2.75) is 71.1 Å². The van der Waals surface area contributed by atoms with Gasteiger partial charge in [-0.1, -0.05) is 25.5 Å². The van der Waals surface area contributed by atoms with E-state index in [4.69, 9.17) is 0 Å². The molecule has 1 aliphatic rings. The maximum absolute atomic E-state index is 12.8. The predicted molar refractivity (Wildman–Crippen MR) is 118 cm³/mol. The molecule has 8 heteroatoms. The van der Waals surface area contributed by atoms with Crippen LogP contribution in [0.1, 0.15) is 68.1 Å². The van der Waals surface area contributed by atoms with E-state index in [2.05, 4.69) is 27.1 Å². The van der Waals surface area contributed by atoms with Gasteiger partial charge in [0.15, 0.2) is 0 Å². The summed E-state index contributed by atoms with van der Waals surface area (Å²) in [5, 5.41) is 2.75. The number of hydrogen-bond acceptors (Lipinski definition) is 3. The summed E-state index contributed by atoms with van der Waals surface area (Å²) in [5.74, 6) is 1.46. The number of imidazole rings is 1. The molecule has 1 aliphatic heterocycles. The van der Waals surface area contributed by atoms with E-state index in [1.54, 1.807) is 6.07 Å². The van der Waals surface area contributed by atoms with Crippen molar-refractivity contribution in [2.24, 2.45) is 5.92 Å². The van der Waals surface area contributed by atoms with Crippen molar-refractivity contribution in [2.75, 3.05) is 13.1 Å². The Morgan fingerprint density at radius 3 is 2.78 bits per heavy atom. The van der Waals surface area contributed by atoms with E-state index in [-0.39, 0.29) is 12.5 Å². The molecule has 2 heterocycles. The number of likely N-dealkylation sites (tertiary alicyclic amines) is 1. The van der Waals surface area contributed by atoms with E-state index in [0.29, 0.717) is 17.9 Å². The van der Waals surface area contributed by atoms with Crippen LogP contribution >= 0.6 is 0 Å². The first-order chi connectivity index (χ1) is 15.3. The van der Waals surface area contributed by atoms with Gasteiger partial charge in [-0.3, -0.25) is 9.69 Å². The van der Waals surface area contributed by atoms with Crippen molar-refractivity contribution < 1.29 is 18.0 Å². The van der Waals surface area contributed by atoms with Crippen LogP contribution in [0.15, 0.2) is 30.5 Å². The maximum atomic E-state index is 12.8. The molecule has 0 bridgehead atoms. The number of aromatic amines is 1. The monoisotopic (exact) mass is 450 g/mol. The van der Waals surface area contributed by atoms with Crippen LogP contribution in [0, 0.1) is 5.92 Å². The van der Waals surface area contributed by atoms with E-state index in [1.165, 1.54) is 6.07 Å². The predicted octanol–water partition coefficient (Wildman–Crippen LogP) is 5.08. The number of halogens is 3. The number of nitrogens with zero attached hydrogens (tertiary/aromatic N) is 2. The van der Waals surface area contributed by atoms with Crippen LogP contribution < -0.4 is 5.32 Å². The van der Waals surface area contributed by atoms with Gasteiger partial charge in [-0.15, -0.1) is 0 Å². The summed E-state index contributed by atoms with van der Waals surface area (Å²) in [6.45, 7) is 5.17. The number of alkyl halides is 3. The first-order valence-electron chi connectivity index (χ1n) is 11.5. The van der Waals surface area contributed by atoms with Gasteiger partial charge in [0.25, 0.3) is 0 Å². The highest BCUT2D eigenvalue weighted by Crippen LogP contribution is 2.29. The van der Waals surface area contributed by atoms with Gasteiger partial charge in [0.1, 0.15) is 5.82 Å². The van der Waals surface area contributed by atoms with Gasteiger partial charge in [0, 0.05) is 37.8 Å². The number of H-pyrrole nitrogens is 1. The van der Waals surface area contributed by atoms with Crippen molar-refractivity contribution in [3.8, 4) is 0 Å². The van der Waals surface area contributed by atoms with Gasteiger partial charge in [-0.25, -0.2) is 4.98 Å². The molecule has 176 valence electrons. The lowest BCUT2D eigenvalue weighted by Gasteiger charge is -2.31. The third-order valence-electron chi connectivity index (χ3n) is 6.07. The lowest BCUT2D eigenvalue weighted by Crippen LogP contribution is -2.34. The number of nitrogens with one attached hydrogen (secondary N) is 2. The Morgan fingerprint density at radius 2 is 2.06 bits per heavy atom. The van der Waals surface area contributed by atoms with Crippen molar-refractivity contribution in [3.05, 3.63) is 53.1 Å². The van der Waals surface area contributed by atoms with Crippen molar-refractivity contribution >= 4 is 5.91 Å². The van der Waals surface area contributed by atoms with Crippen molar-refractivity contribution in [1.29, 1.82) is 0 Å². The van der Waals surface area contributed by atoms with Gasteiger partial charge < -0.3 is 10.3 Å². The fourth-order valence-electron chi connectivity index (χ4n) is 4.11. The fourth-order valence-corrected chi connectivity index (χ4v) is 4.11. The molecule has 5 nitrogen and oxygen atoms in total. The summed E-state index contributed by atoms with van der Waals surface area (Å²) >= 11 is 0. The number of carbonyl (C=O) groups is 1. The Kier molecular flexibility index (Phi) is 8.73. The Bertz CT molecular complexity index is 857. The first kappa shape index (κ1) is 24.3. The highest BCUT2D eigenvalue weighted by atomic mass is 19.4. The average Bonchev–Trinajstić information content (AvgIpc) is 3.22. The van der Waals surface area contributed by atoms with Crippen LogP contribution in [0.4, 0.5) is 13.2 Å². The van der Waals surface area contributed by atoms with E-state index in [0.717, 1.165) is 81.8 Å². The molecule has 1 aromatic heterocycles. The van der Waals surface area contributed by atoms with E-state index < -0.39 is 11.7 Å². The lowest BCUT2D eigenvalue weighted by molar-refractivity contribution is -0.137. The van der Waals surface area contributed by atoms with E-state index >= 15 is 0 Å². The molecular weight excluding hydrogens is 417 g/mol. The summed E-state index contributed by atoms with van der Waals surface area (Å²) < 4.78 is 38.4. The minimum Gasteiger partial charge on any atom is -0.352 e. The minimum atomic E-state index is -4.37. The van der Waals surface area contributed by atoms with Crippen LogP contribution in [-0.2, 0) is 30.5 Å². The van der Waals surface area contributed by atoms with Crippen molar-refractivity contribution in [1.82, 2.24) is 20.2 Å². The standard InChI is InChI=1S/C24H33F3N4O/c1-2-3-7-22-28-16-21(30-22)17-31-12-10-18(11-13-31)8-9-23(32)29-15-19-5-4-6-20(14-19)24(25,26)27/h4-6,14,16,18H,2-3,7-13,15,17H2,1H3,(H,28,30)(H,29,32). The largest absolute Gasteiger partial charge is 0.416 e. The molecule has 1 amide bonds. The van der Waals surface area contributed by atoms with Crippen LogP contribution in [0.25, 0.3) is 0 Å². The summed E-state index contributed by atoms with van der Waals surface area (Å²) in [5.41, 5.74) is 0.921.